The number of carbonyl (C=O) groups excluding carboxylic acids is 1. The molecular formula is C15H20BrNO3. The zero-order valence-electron chi connectivity index (χ0n) is 11.7. The summed E-state index contributed by atoms with van der Waals surface area (Å²) in [6.07, 6.45) is 1.10. The number of carboxylic acids is 1. The van der Waals surface area contributed by atoms with E-state index >= 15 is 0 Å². The Morgan fingerprint density at radius 2 is 1.85 bits per heavy atom. The van der Waals surface area contributed by atoms with E-state index in [9.17, 15) is 9.59 Å². The smallest absolute Gasteiger partial charge is 0.305 e. The van der Waals surface area contributed by atoms with Crippen LogP contribution < -0.4 is 5.32 Å². The molecule has 0 spiro atoms. The van der Waals surface area contributed by atoms with Crippen molar-refractivity contribution in [3.05, 3.63) is 34.3 Å². The van der Waals surface area contributed by atoms with E-state index < -0.39 is 12.0 Å². The van der Waals surface area contributed by atoms with E-state index in [2.05, 4.69) is 35.1 Å². The van der Waals surface area contributed by atoms with Crippen LogP contribution in [-0.4, -0.2) is 17.0 Å². The summed E-state index contributed by atoms with van der Waals surface area (Å²) in [5, 5.41) is 11.8. The second kappa shape index (κ2) is 8.04. The number of hydrogen-bond acceptors (Lipinski definition) is 2. The second-order valence-electron chi connectivity index (χ2n) is 5.20. The van der Waals surface area contributed by atoms with E-state index in [1.807, 2.05) is 24.3 Å². The molecule has 0 saturated carbocycles. The molecule has 1 aromatic rings. The maximum Gasteiger partial charge on any atom is 0.305 e. The summed E-state index contributed by atoms with van der Waals surface area (Å²) < 4.78 is 0.918. The van der Waals surface area contributed by atoms with Crippen molar-refractivity contribution in [2.75, 3.05) is 0 Å². The van der Waals surface area contributed by atoms with Crippen molar-refractivity contribution in [3.8, 4) is 0 Å². The Hall–Kier alpha value is -1.36. The first-order valence-electron chi connectivity index (χ1n) is 6.65. The molecule has 5 heteroatoms. The van der Waals surface area contributed by atoms with Crippen LogP contribution in [-0.2, 0) is 9.59 Å². The predicted molar refractivity (Wildman–Crippen MR) is 81.4 cm³/mol. The van der Waals surface area contributed by atoms with E-state index in [1.54, 1.807) is 0 Å². The van der Waals surface area contributed by atoms with Crippen LogP contribution in [0.5, 0.6) is 0 Å². The van der Waals surface area contributed by atoms with Gasteiger partial charge in [0.2, 0.25) is 5.91 Å². The van der Waals surface area contributed by atoms with Crippen LogP contribution in [0.4, 0.5) is 0 Å². The molecule has 1 atom stereocenters. The van der Waals surface area contributed by atoms with E-state index in [0.717, 1.165) is 16.5 Å². The van der Waals surface area contributed by atoms with Crippen LogP contribution in [0.25, 0.3) is 0 Å². The van der Waals surface area contributed by atoms with E-state index in [-0.39, 0.29) is 12.3 Å². The quantitative estimate of drug-likeness (QED) is 0.797. The van der Waals surface area contributed by atoms with Gasteiger partial charge in [0.05, 0.1) is 12.5 Å². The SMILES string of the molecule is CC(C)CCC(=O)NC(CC(=O)O)c1ccc(Br)cc1. The van der Waals surface area contributed by atoms with Gasteiger partial charge in [-0.3, -0.25) is 9.59 Å². The molecule has 110 valence electrons. The van der Waals surface area contributed by atoms with E-state index in [0.29, 0.717) is 12.3 Å². The zero-order chi connectivity index (χ0) is 15.1. The van der Waals surface area contributed by atoms with Gasteiger partial charge in [-0.15, -0.1) is 0 Å². The Bertz CT molecular complexity index is 457. The van der Waals surface area contributed by atoms with Crippen LogP contribution in [0.2, 0.25) is 0 Å². The molecule has 1 amide bonds. The third kappa shape index (κ3) is 6.19. The minimum absolute atomic E-state index is 0.104. The number of aliphatic carboxylic acids is 1. The van der Waals surface area contributed by atoms with Gasteiger partial charge in [0.1, 0.15) is 0 Å². The molecule has 4 nitrogen and oxygen atoms in total. The molecule has 0 radical (unpaired) electrons. The number of amides is 1. The standard InChI is InChI=1S/C15H20BrNO3/c1-10(2)3-8-14(18)17-13(9-15(19)20)11-4-6-12(16)7-5-11/h4-7,10,13H,3,8-9H2,1-2H3,(H,17,18)(H,19,20). The number of rotatable bonds is 7. The van der Waals surface area contributed by atoms with Gasteiger partial charge in [0, 0.05) is 10.9 Å². The van der Waals surface area contributed by atoms with Gasteiger partial charge in [0.25, 0.3) is 0 Å². The van der Waals surface area contributed by atoms with Crippen molar-refractivity contribution in [2.45, 2.75) is 39.2 Å². The van der Waals surface area contributed by atoms with Crippen LogP contribution in [0.15, 0.2) is 28.7 Å². The van der Waals surface area contributed by atoms with Crippen LogP contribution >= 0.6 is 15.9 Å². The highest BCUT2D eigenvalue weighted by molar-refractivity contribution is 9.10. The first kappa shape index (κ1) is 16.7. The molecule has 0 heterocycles. The highest BCUT2D eigenvalue weighted by Crippen LogP contribution is 2.20. The number of nitrogens with one attached hydrogen (secondary N) is 1. The van der Waals surface area contributed by atoms with Gasteiger partial charge in [0.15, 0.2) is 0 Å². The first-order chi connectivity index (χ1) is 9.38. The fourth-order valence-electron chi connectivity index (χ4n) is 1.81. The van der Waals surface area contributed by atoms with Gasteiger partial charge in [-0.25, -0.2) is 0 Å². The maximum atomic E-state index is 11.9. The molecule has 0 aromatic heterocycles. The minimum Gasteiger partial charge on any atom is -0.481 e. The van der Waals surface area contributed by atoms with Crippen LogP contribution in [0.1, 0.15) is 44.7 Å². The lowest BCUT2D eigenvalue weighted by molar-refractivity contribution is -0.137. The molecule has 0 saturated heterocycles. The Morgan fingerprint density at radius 3 is 2.35 bits per heavy atom. The van der Waals surface area contributed by atoms with Gasteiger partial charge < -0.3 is 10.4 Å². The highest BCUT2D eigenvalue weighted by Gasteiger charge is 2.18. The summed E-state index contributed by atoms with van der Waals surface area (Å²) >= 11 is 3.33. The van der Waals surface area contributed by atoms with E-state index in [4.69, 9.17) is 5.11 Å². The molecule has 0 fully saturated rings. The number of hydrogen-bond donors (Lipinski definition) is 2. The first-order valence-corrected chi connectivity index (χ1v) is 7.44. The van der Waals surface area contributed by atoms with Gasteiger partial charge >= 0.3 is 5.97 Å². The summed E-state index contributed by atoms with van der Waals surface area (Å²) in [4.78, 5) is 22.8. The Kier molecular flexibility index (Phi) is 6.71. The largest absolute Gasteiger partial charge is 0.481 e. The molecule has 0 aliphatic rings. The maximum absolute atomic E-state index is 11.9. The zero-order valence-corrected chi connectivity index (χ0v) is 13.3. The van der Waals surface area contributed by atoms with Gasteiger partial charge in [-0.1, -0.05) is 41.9 Å². The van der Waals surface area contributed by atoms with Crippen molar-refractivity contribution in [3.63, 3.8) is 0 Å². The lowest BCUT2D eigenvalue weighted by atomic mass is 10.0. The topological polar surface area (TPSA) is 66.4 Å². The fraction of sp³-hybridized carbons (Fsp3) is 0.467. The summed E-state index contributed by atoms with van der Waals surface area (Å²) in [7, 11) is 0. The molecule has 0 aliphatic carbocycles. The van der Waals surface area contributed by atoms with Crippen molar-refractivity contribution in [2.24, 2.45) is 5.92 Å². The average molecular weight is 342 g/mol. The average Bonchev–Trinajstić information content (AvgIpc) is 2.36. The third-order valence-electron chi connectivity index (χ3n) is 2.94. The Morgan fingerprint density at radius 1 is 1.25 bits per heavy atom. The predicted octanol–water partition coefficient (Wildman–Crippen LogP) is 3.52. The molecule has 2 N–H and O–H groups in total. The molecule has 20 heavy (non-hydrogen) atoms. The molecule has 1 aromatic carbocycles. The lowest BCUT2D eigenvalue weighted by Gasteiger charge is -2.18. The third-order valence-corrected chi connectivity index (χ3v) is 3.46. The summed E-state index contributed by atoms with van der Waals surface area (Å²) in [5.41, 5.74) is 0.800. The Balaban J connectivity index is 2.71. The van der Waals surface area contributed by atoms with Crippen molar-refractivity contribution < 1.29 is 14.7 Å². The number of carbonyl (C=O) groups is 2. The highest BCUT2D eigenvalue weighted by atomic mass is 79.9. The molecule has 1 unspecified atom stereocenters. The Labute approximate surface area is 127 Å². The fourth-order valence-corrected chi connectivity index (χ4v) is 2.07. The molecule has 0 aliphatic heterocycles. The second-order valence-corrected chi connectivity index (χ2v) is 6.12. The minimum atomic E-state index is -0.929. The monoisotopic (exact) mass is 341 g/mol. The normalized spacial score (nSPS) is 12.2. The van der Waals surface area contributed by atoms with E-state index in [1.165, 1.54) is 0 Å². The van der Waals surface area contributed by atoms with Crippen LogP contribution in [0, 0.1) is 5.92 Å². The summed E-state index contributed by atoms with van der Waals surface area (Å²) in [5.74, 6) is -0.582. The number of halogens is 1. The number of benzene rings is 1. The molecule has 1 rings (SSSR count). The van der Waals surface area contributed by atoms with Crippen LogP contribution in [0.3, 0.4) is 0 Å². The molecule has 0 bridgehead atoms. The van der Waals surface area contributed by atoms with Crippen molar-refractivity contribution in [1.29, 1.82) is 0 Å². The summed E-state index contributed by atoms with van der Waals surface area (Å²) in [6.45, 7) is 4.10. The van der Waals surface area contributed by atoms with Gasteiger partial charge in [-0.05, 0) is 30.0 Å². The van der Waals surface area contributed by atoms with Gasteiger partial charge in [-0.2, -0.15) is 0 Å². The lowest BCUT2D eigenvalue weighted by Crippen LogP contribution is -2.30. The summed E-state index contributed by atoms with van der Waals surface area (Å²) in [6, 6.07) is 6.83. The molecular weight excluding hydrogens is 322 g/mol. The van der Waals surface area contributed by atoms with Crippen molar-refractivity contribution >= 4 is 27.8 Å². The van der Waals surface area contributed by atoms with Crippen molar-refractivity contribution in [1.82, 2.24) is 5.32 Å². The number of carboxylic acid groups (broad SMARTS) is 1.